The SMILES string of the molecule is CCNC(=O)c1cccc(/C=C/Cn2cc(C)cc2C(=O)c2ccc(OC3CCCC3)cc2)c1. The number of nitrogens with one attached hydrogen (secondary N) is 1. The van der Waals surface area contributed by atoms with Gasteiger partial charge in [0.2, 0.25) is 5.78 Å². The van der Waals surface area contributed by atoms with Crippen LogP contribution in [0, 0.1) is 6.92 Å². The van der Waals surface area contributed by atoms with Gasteiger partial charge in [0.15, 0.2) is 0 Å². The minimum Gasteiger partial charge on any atom is -0.490 e. The zero-order valence-electron chi connectivity index (χ0n) is 19.9. The number of ether oxygens (including phenoxy) is 1. The first-order valence-electron chi connectivity index (χ1n) is 12.1. The molecule has 1 heterocycles. The summed E-state index contributed by atoms with van der Waals surface area (Å²) in [5, 5.41) is 2.82. The van der Waals surface area contributed by atoms with E-state index in [1.54, 1.807) is 6.07 Å². The molecule has 1 amide bonds. The molecule has 1 aliphatic rings. The Labute approximate surface area is 201 Å². The first kappa shape index (κ1) is 23.6. The van der Waals surface area contributed by atoms with E-state index in [0.717, 1.165) is 29.7 Å². The highest BCUT2D eigenvalue weighted by Crippen LogP contribution is 2.25. The van der Waals surface area contributed by atoms with E-state index in [4.69, 9.17) is 4.74 Å². The molecule has 0 saturated heterocycles. The summed E-state index contributed by atoms with van der Waals surface area (Å²) in [5.41, 5.74) is 3.92. The number of aromatic nitrogens is 1. The Balaban J connectivity index is 1.44. The highest BCUT2D eigenvalue weighted by Gasteiger charge is 2.18. The molecule has 0 atom stereocenters. The van der Waals surface area contributed by atoms with Crippen LogP contribution in [0.15, 0.2) is 66.9 Å². The fourth-order valence-corrected chi connectivity index (χ4v) is 4.38. The fourth-order valence-electron chi connectivity index (χ4n) is 4.38. The van der Waals surface area contributed by atoms with Gasteiger partial charge in [0.1, 0.15) is 5.75 Å². The molecule has 1 saturated carbocycles. The van der Waals surface area contributed by atoms with Crippen molar-refractivity contribution in [1.29, 1.82) is 0 Å². The van der Waals surface area contributed by atoms with Gasteiger partial charge < -0.3 is 14.6 Å². The van der Waals surface area contributed by atoms with Gasteiger partial charge in [-0.1, -0.05) is 24.3 Å². The molecule has 0 spiro atoms. The first-order valence-corrected chi connectivity index (χ1v) is 12.1. The van der Waals surface area contributed by atoms with Crippen molar-refractivity contribution in [2.24, 2.45) is 0 Å². The van der Waals surface area contributed by atoms with Crippen LogP contribution in [0.5, 0.6) is 5.75 Å². The first-order chi connectivity index (χ1) is 16.5. The van der Waals surface area contributed by atoms with Crippen molar-refractivity contribution >= 4 is 17.8 Å². The number of carbonyl (C=O) groups excluding carboxylic acids is 2. The van der Waals surface area contributed by atoms with Crippen LogP contribution in [-0.4, -0.2) is 28.9 Å². The van der Waals surface area contributed by atoms with Crippen molar-refractivity contribution in [3.63, 3.8) is 0 Å². The van der Waals surface area contributed by atoms with E-state index in [0.29, 0.717) is 36.0 Å². The van der Waals surface area contributed by atoms with E-state index < -0.39 is 0 Å². The number of aryl methyl sites for hydroxylation is 1. The molecule has 3 aromatic rings. The molecule has 2 aromatic carbocycles. The average Bonchev–Trinajstić information content (AvgIpc) is 3.49. The molecular formula is C29H32N2O3. The maximum atomic E-state index is 13.2. The van der Waals surface area contributed by atoms with E-state index in [2.05, 4.69) is 5.32 Å². The third-order valence-corrected chi connectivity index (χ3v) is 6.09. The molecule has 176 valence electrons. The van der Waals surface area contributed by atoms with Crippen molar-refractivity contribution in [3.8, 4) is 5.75 Å². The third kappa shape index (κ3) is 5.84. The molecule has 5 heteroatoms. The summed E-state index contributed by atoms with van der Waals surface area (Å²) in [6.07, 6.45) is 10.9. The molecule has 0 bridgehead atoms. The van der Waals surface area contributed by atoms with Crippen molar-refractivity contribution in [2.75, 3.05) is 6.54 Å². The molecule has 0 aliphatic heterocycles. The van der Waals surface area contributed by atoms with E-state index in [1.165, 1.54) is 12.8 Å². The second-order valence-electron chi connectivity index (χ2n) is 8.82. The summed E-state index contributed by atoms with van der Waals surface area (Å²) in [6, 6.07) is 16.9. The molecule has 1 N–H and O–H groups in total. The van der Waals surface area contributed by atoms with Crippen LogP contribution in [0.2, 0.25) is 0 Å². The molecule has 1 fully saturated rings. The molecule has 1 aliphatic carbocycles. The van der Waals surface area contributed by atoms with Gasteiger partial charge in [-0.25, -0.2) is 0 Å². The van der Waals surface area contributed by atoms with E-state index in [-0.39, 0.29) is 11.7 Å². The number of allylic oxidation sites excluding steroid dienone is 1. The van der Waals surface area contributed by atoms with Crippen molar-refractivity contribution in [2.45, 2.75) is 52.2 Å². The Morgan fingerprint density at radius 3 is 2.56 bits per heavy atom. The van der Waals surface area contributed by atoms with Crippen LogP contribution in [0.1, 0.15) is 70.1 Å². The second kappa shape index (κ2) is 11.0. The lowest BCUT2D eigenvalue weighted by atomic mass is 10.1. The van der Waals surface area contributed by atoms with Crippen LogP contribution in [0.25, 0.3) is 6.08 Å². The van der Waals surface area contributed by atoms with Crippen LogP contribution < -0.4 is 10.1 Å². The predicted molar refractivity (Wildman–Crippen MR) is 135 cm³/mol. The summed E-state index contributed by atoms with van der Waals surface area (Å²) in [5.74, 6) is 0.742. The summed E-state index contributed by atoms with van der Waals surface area (Å²) in [4.78, 5) is 25.3. The Morgan fingerprint density at radius 2 is 1.82 bits per heavy atom. The normalized spacial score (nSPS) is 13.9. The predicted octanol–water partition coefficient (Wildman–Crippen LogP) is 5.81. The molecule has 0 radical (unpaired) electrons. The van der Waals surface area contributed by atoms with Gasteiger partial charge in [-0.05, 0) is 93.1 Å². The standard InChI is InChI=1S/C29H32N2O3/c1-3-30-29(33)24-10-6-8-22(19-24)9-7-17-31-20-21(2)18-27(31)28(32)23-13-15-26(16-14-23)34-25-11-4-5-12-25/h6-10,13-16,18-20,25H,3-5,11-12,17H2,1-2H3,(H,30,33)/b9-7+. The number of ketones is 1. The number of amides is 1. The summed E-state index contributed by atoms with van der Waals surface area (Å²) in [6.45, 7) is 5.05. The van der Waals surface area contributed by atoms with Gasteiger partial charge in [0, 0.05) is 30.4 Å². The smallest absolute Gasteiger partial charge is 0.251 e. The van der Waals surface area contributed by atoms with Crippen molar-refractivity contribution < 1.29 is 14.3 Å². The number of carbonyl (C=O) groups is 2. The molecule has 34 heavy (non-hydrogen) atoms. The van der Waals surface area contributed by atoms with Crippen LogP contribution in [0.3, 0.4) is 0 Å². The van der Waals surface area contributed by atoms with Crippen LogP contribution in [0.4, 0.5) is 0 Å². The van der Waals surface area contributed by atoms with Crippen molar-refractivity contribution in [3.05, 3.63) is 94.8 Å². The Hall–Kier alpha value is -3.60. The van der Waals surface area contributed by atoms with Gasteiger partial charge in [0.05, 0.1) is 11.8 Å². The molecule has 1 aromatic heterocycles. The van der Waals surface area contributed by atoms with Gasteiger partial charge in [-0.3, -0.25) is 9.59 Å². The maximum absolute atomic E-state index is 13.2. The Bertz CT molecular complexity index is 1170. The topological polar surface area (TPSA) is 60.3 Å². The zero-order chi connectivity index (χ0) is 23.9. The number of nitrogens with zero attached hydrogens (tertiary/aromatic N) is 1. The van der Waals surface area contributed by atoms with E-state index in [1.807, 2.05) is 85.3 Å². The second-order valence-corrected chi connectivity index (χ2v) is 8.82. The lowest BCUT2D eigenvalue weighted by molar-refractivity contribution is 0.0955. The summed E-state index contributed by atoms with van der Waals surface area (Å²) >= 11 is 0. The molecule has 0 unspecified atom stereocenters. The summed E-state index contributed by atoms with van der Waals surface area (Å²) in [7, 11) is 0. The highest BCUT2D eigenvalue weighted by atomic mass is 16.5. The van der Waals surface area contributed by atoms with E-state index in [9.17, 15) is 9.59 Å². The monoisotopic (exact) mass is 456 g/mol. The molecular weight excluding hydrogens is 424 g/mol. The van der Waals surface area contributed by atoms with Gasteiger partial charge >= 0.3 is 0 Å². The van der Waals surface area contributed by atoms with Gasteiger partial charge in [0.25, 0.3) is 5.91 Å². The molecule has 4 rings (SSSR count). The number of benzene rings is 2. The molecule has 5 nitrogen and oxygen atoms in total. The minimum absolute atomic E-state index is 0.00727. The van der Waals surface area contributed by atoms with E-state index >= 15 is 0 Å². The largest absolute Gasteiger partial charge is 0.490 e. The van der Waals surface area contributed by atoms with Crippen molar-refractivity contribution in [1.82, 2.24) is 9.88 Å². The van der Waals surface area contributed by atoms with Crippen LogP contribution >= 0.6 is 0 Å². The number of hydrogen-bond acceptors (Lipinski definition) is 3. The number of hydrogen-bond donors (Lipinski definition) is 1. The number of rotatable bonds is 9. The fraction of sp³-hybridized carbons (Fsp3) is 0.310. The Kier molecular flexibility index (Phi) is 7.63. The maximum Gasteiger partial charge on any atom is 0.251 e. The lowest BCUT2D eigenvalue weighted by Gasteiger charge is -2.13. The average molecular weight is 457 g/mol. The quantitative estimate of drug-likeness (QED) is 0.413. The van der Waals surface area contributed by atoms with Gasteiger partial charge in [-0.15, -0.1) is 0 Å². The third-order valence-electron chi connectivity index (χ3n) is 6.09. The van der Waals surface area contributed by atoms with Crippen LogP contribution in [-0.2, 0) is 6.54 Å². The summed E-state index contributed by atoms with van der Waals surface area (Å²) < 4.78 is 7.99. The zero-order valence-corrected chi connectivity index (χ0v) is 19.9. The highest BCUT2D eigenvalue weighted by molar-refractivity contribution is 6.08. The minimum atomic E-state index is -0.0775. The van der Waals surface area contributed by atoms with Gasteiger partial charge in [-0.2, -0.15) is 0 Å². The Morgan fingerprint density at radius 1 is 1.06 bits per heavy atom. The lowest BCUT2D eigenvalue weighted by Crippen LogP contribution is -2.22.